The molecule has 0 aromatic heterocycles. The first-order valence-electron chi connectivity index (χ1n) is 4.12. The number of ether oxygens (including phenoxy) is 1. The number of hydrogen-bond donors (Lipinski definition) is 0. The highest BCUT2D eigenvalue weighted by Crippen LogP contribution is 2.01. The molecule has 0 bridgehead atoms. The highest BCUT2D eigenvalue weighted by Gasteiger charge is 2.04. The van der Waals surface area contributed by atoms with E-state index in [2.05, 4.69) is 0 Å². The Labute approximate surface area is 76.3 Å². The molecule has 1 aromatic rings. The third kappa shape index (κ3) is 3.23. The van der Waals surface area contributed by atoms with Gasteiger partial charge in [-0.25, -0.2) is 4.79 Å². The van der Waals surface area contributed by atoms with Crippen molar-refractivity contribution < 1.29 is 13.9 Å². The van der Waals surface area contributed by atoms with Gasteiger partial charge in [0.15, 0.2) is 0 Å². The van der Waals surface area contributed by atoms with E-state index < -0.39 is 12.6 Å². The maximum absolute atomic E-state index is 11.7. The second-order valence-corrected chi connectivity index (χ2v) is 2.54. The van der Waals surface area contributed by atoms with Gasteiger partial charge in [-0.1, -0.05) is 18.2 Å². The topological polar surface area (TPSA) is 26.3 Å². The van der Waals surface area contributed by atoms with E-state index in [-0.39, 0.29) is 13.0 Å². The van der Waals surface area contributed by atoms with Crippen LogP contribution in [0.1, 0.15) is 16.8 Å². The fourth-order valence-corrected chi connectivity index (χ4v) is 0.877. The molecule has 0 spiro atoms. The van der Waals surface area contributed by atoms with Crippen LogP contribution >= 0.6 is 0 Å². The fraction of sp³-hybridized carbons (Fsp3) is 0.300. The monoisotopic (exact) mass is 182 g/mol. The lowest BCUT2D eigenvalue weighted by Gasteiger charge is -2.01. The van der Waals surface area contributed by atoms with Crippen molar-refractivity contribution >= 4 is 5.97 Å². The first-order chi connectivity index (χ1) is 6.34. The second kappa shape index (κ2) is 5.30. The number of esters is 1. The molecular formula is C10H11FO2. The molecule has 0 radical (unpaired) electrons. The highest BCUT2D eigenvalue weighted by atomic mass is 19.1. The highest BCUT2D eigenvalue weighted by molar-refractivity contribution is 5.89. The van der Waals surface area contributed by atoms with E-state index >= 15 is 0 Å². The Balaban J connectivity index is 2.40. The molecule has 0 atom stereocenters. The van der Waals surface area contributed by atoms with Crippen molar-refractivity contribution in [3.8, 4) is 0 Å². The molecule has 0 unspecified atom stereocenters. The predicted molar refractivity (Wildman–Crippen MR) is 47.3 cm³/mol. The molecule has 3 heteroatoms. The van der Waals surface area contributed by atoms with Gasteiger partial charge < -0.3 is 4.74 Å². The molecular weight excluding hydrogens is 171 g/mol. The third-order valence-corrected chi connectivity index (χ3v) is 1.52. The largest absolute Gasteiger partial charge is 0.462 e. The van der Waals surface area contributed by atoms with Gasteiger partial charge in [0.2, 0.25) is 0 Å². The molecule has 2 nitrogen and oxygen atoms in total. The lowest BCUT2D eigenvalue weighted by molar-refractivity contribution is 0.0494. The first-order valence-corrected chi connectivity index (χ1v) is 4.12. The molecule has 0 saturated heterocycles. The Morgan fingerprint density at radius 2 is 2.00 bits per heavy atom. The summed E-state index contributed by atoms with van der Waals surface area (Å²) >= 11 is 0. The maximum Gasteiger partial charge on any atom is 0.338 e. The van der Waals surface area contributed by atoms with Gasteiger partial charge in [0.25, 0.3) is 0 Å². The molecule has 0 saturated carbocycles. The van der Waals surface area contributed by atoms with E-state index in [1.165, 1.54) is 0 Å². The summed E-state index contributed by atoms with van der Waals surface area (Å²) in [5.74, 6) is -0.394. The van der Waals surface area contributed by atoms with E-state index in [1.807, 2.05) is 6.07 Å². The van der Waals surface area contributed by atoms with Crippen LogP contribution in [0, 0.1) is 0 Å². The number of carbonyl (C=O) groups excluding carboxylic acids is 1. The Hall–Kier alpha value is -1.38. The first kappa shape index (κ1) is 9.71. The van der Waals surface area contributed by atoms with E-state index in [0.717, 1.165) is 0 Å². The summed E-state index contributed by atoms with van der Waals surface area (Å²) in [5, 5.41) is 0. The SMILES string of the molecule is O=C(OCCCF)c1ccccc1. The zero-order valence-electron chi connectivity index (χ0n) is 7.20. The maximum atomic E-state index is 11.7. The average molecular weight is 182 g/mol. The Morgan fingerprint density at radius 1 is 1.31 bits per heavy atom. The fourth-order valence-electron chi connectivity index (χ4n) is 0.877. The van der Waals surface area contributed by atoms with Crippen LogP contribution in [0.5, 0.6) is 0 Å². The van der Waals surface area contributed by atoms with Gasteiger partial charge >= 0.3 is 5.97 Å². The Bertz CT molecular complexity index is 259. The standard InChI is InChI=1S/C10H11FO2/c11-7-4-8-13-10(12)9-5-2-1-3-6-9/h1-3,5-6H,4,7-8H2. The van der Waals surface area contributed by atoms with Crippen molar-refractivity contribution in [2.75, 3.05) is 13.3 Å². The van der Waals surface area contributed by atoms with Crippen LogP contribution in [0.2, 0.25) is 0 Å². The summed E-state index contributed by atoms with van der Waals surface area (Å²) in [6.07, 6.45) is 0.262. The molecule has 1 aromatic carbocycles. The van der Waals surface area contributed by atoms with E-state index in [0.29, 0.717) is 5.56 Å². The molecule has 0 aliphatic rings. The van der Waals surface area contributed by atoms with Crippen LogP contribution < -0.4 is 0 Å². The third-order valence-electron chi connectivity index (χ3n) is 1.52. The molecule has 0 amide bonds. The second-order valence-electron chi connectivity index (χ2n) is 2.54. The number of rotatable bonds is 4. The summed E-state index contributed by atoms with van der Waals surface area (Å²) in [7, 11) is 0. The van der Waals surface area contributed by atoms with Crippen molar-refractivity contribution in [2.24, 2.45) is 0 Å². The van der Waals surface area contributed by atoms with Crippen LogP contribution in [0.4, 0.5) is 4.39 Å². The van der Waals surface area contributed by atoms with Crippen molar-refractivity contribution in [1.82, 2.24) is 0 Å². The molecule has 13 heavy (non-hydrogen) atoms. The van der Waals surface area contributed by atoms with Gasteiger partial charge in [0.1, 0.15) is 0 Å². The Kier molecular flexibility index (Phi) is 3.96. The number of halogens is 1. The molecule has 70 valence electrons. The van der Waals surface area contributed by atoms with Crippen LogP contribution in [-0.2, 0) is 4.74 Å². The van der Waals surface area contributed by atoms with Gasteiger partial charge in [-0.3, -0.25) is 4.39 Å². The number of alkyl halides is 1. The lowest BCUT2D eigenvalue weighted by Crippen LogP contribution is -2.06. The molecule has 0 aliphatic heterocycles. The van der Waals surface area contributed by atoms with E-state index in [1.54, 1.807) is 24.3 Å². The lowest BCUT2D eigenvalue weighted by atomic mass is 10.2. The molecule has 0 fully saturated rings. The summed E-state index contributed by atoms with van der Waals surface area (Å²) in [5.41, 5.74) is 0.501. The van der Waals surface area contributed by atoms with E-state index in [4.69, 9.17) is 4.74 Å². The van der Waals surface area contributed by atoms with E-state index in [9.17, 15) is 9.18 Å². The van der Waals surface area contributed by atoms with Crippen molar-refractivity contribution in [1.29, 1.82) is 0 Å². The molecule has 0 N–H and O–H groups in total. The quantitative estimate of drug-likeness (QED) is 0.527. The van der Waals surface area contributed by atoms with Crippen molar-refractivity contribution in [3.05, 3.63) is 35.9 Å². The summed E-state index contributed by atoms with van der Waals surface area (Å²) in [6, 6.07) is 8.66. The number of carbonyl (C=O) groups is 1. The number of hydrogen-bond acceptors (Lipinski definition) is 2. The van der Waals surface area contributed by atoms with Gasteiger partial charge in [-0.2, -0.15) is 0 Å². The minimum Gasteiger partial charge on any atom is -0.462 e. The summed E-state index contributed by atoms with van der Waals surface area (Å²) < 4.78 is 16.4. The summed E-state index contributed by atoms with van der Waals surface area (Å²) in [6.45, 7) is -0.313. The van der Waals surface area contributed by atoms with Crippen molar-refractivity contribution in [3.63, 3.8) is 0 Å². The van der Waals surface area contributed by atoms with Gasteiger partial charge in [0.05, 0.1) is 18.8 Å². The zero-order valence-corrected chi connectivity index (χ0v) is 7.20. The predicted octanol–water partition coefficient (Wildman–Crippen LogP) is 2.20. The minimum absolute atomic E-state index is 0.143. The molecule has 1 rings (SSSR count). The normalized spacial score (nSPS) is 9.62. The van der Waals surface area contributed by atoms with Crippen molar-refractivity contribution in [2.45, 2.75) is 6.42 Å². The van der Waals surface area contributed by atoms with Gasteiger partial charge in [-0.15, -0.1) is 0 Å². The van der Waals surface area contributed by atoms with Crippen LogP contribution in [0.3, 0.4) is 0 Å². The number of benzene rings is 1. The van der Waals surface area contributed by atoms with Gasteiger partial charge in [0, 0.05) is 6.42 Å². The van der Waals surface area contributed by atoms with Crippen LogP contribution in [-0.4, -0.2) is 19.3 Å². The average Bonchev–Trinajstić information content (AvgIpc) is 2.19. The van der Waals surface area contributed by atoms with Crippen LogP contribution in [0.15, 0.2) is 30.3 Å². The zero-order chi connectivity index (χ0) is 9.52. The molecule has 0 heterocycles. The van der Waals surface area contributed by atoms with Crippen LogP contribution in [0.25, 0.3) is 0 Å². The summed E-state index contributed by atoms with van der Waals surface area (Å²) in [4.78, 5) is 11.2. The van der Waals surface area contributed by atoms with Gasteiger partial charge in [-0.05, 0) is 12.1 Å². The minimum atomic E-state index is -0.456. The smallest absolute Gasteiger partial charge is 0.338 e. The Morgan fingerprint density at radius 3 is 2.62 bits per heavy atom. The molecule has 0 aliphatic carbocycles.